The van der Waals surface area contributed by atoms with E-state index in [4.69, 9.17) is 0 Å². The van der Waals surface area contributed by atoms with Gasteiger partial charge in [-0.05, 0) is 155 Å². The van der Waals surface area contributed by atoms with Crippen molar-refractivity contribution in [3.8, 4) is 5.69 Å². The number of H-pyrrole nitrogens is 1. The fourth-order valence-electron chi connectivity index (χ4n) is 14.9. The number of aromatic amines is 1. The summed E-state index contributed by atoms with van der Waals surface area (Å²) < 4.78 is 3.63. The standard InChI is InChI=1S/C42H25N.C24H15N.C18H11Br/c1-2-12-28-26(11-1)21-23-37-40(28)34-17-7-8-18-35(34)42-41(37)36-19-9-10-20-39(36)43(42)27-22-24-33-31-15-4-3-13-29(31)30-14-5-6-16-32(30)38(33)25-27;1-2-8-16-15(7-1)13-14-20-22(16)17-9-3-4-10-18(17)24-23(20)19-11-5-6-12-21(19)25-24;19-12-9-10-17-15-7-2-1-5-13(15)14-6-3-4-8-16(14)18(17)11-12/h1-25H;1-14,25H;1-11H. The van der Waals surface area contributed by atoms with Crippen molar-refractivity contribution in [2.24, 2.45) is 0 Å². The van der Waals surface area contributed by atoms with Gasteiger partial charge >= 0.3 is 0 Å². The molecule has 0 bridgehead atoms. The van der Waals surface area contributed by atoms with Crippen LogP contribution in [0.25, 0.3) is 179 Å². The molecule has 0 spiro atoms. The SMILES string of the molecule is Brc1ccc2c3ccccc3c3ccccc3c2c1.c1ccc2c(c1)ccc1c2c2ccccc2c2[nH]c3ccccc3c12.c1ccc2c(c1)ccc1c2c2ccccc2c2c1c1ccccc1n2-c1ccc2c3ccccc3c3ccccc3c2c1. The van der Waals surface area contributed by atoms with Gasteiger partial charge in [0.25, 0.3) is 0 Å². The number of rotatable bonds is 1. The van der Waals surface area contributed by atoms with Gasteiger partial charge < -0.3 is 9.55 Å². The topological polar surface area (TPSA) is 20.7 Å². The van der Waals surface area contributed by atoms with E-state index in [0.29, 0.717) is 0 Å². The molecule has 0 amide bonds. The lowest BCUT2D eigenvalue weighted by Crippen LogP contribution is -1.95. The summed E-state index contributed by atoms with van der Waals surface area (Å²) >= 11 is 3.58. The van der Waals surface area contributed by atoms with E-state index in [1.807, 2.05) is 0 Å². The van der Waals surface area contributed by atoms with Crippen molar-refractivity contribution >= 4 is 189 Å². The first kappa shape index (κ1) is 49.6. The number of fused-ring (bicyclic) bond motifs is 32. The van der Waals surface area contributed by atoms with E-state index in [2.05, 4.69) is 329 Å². The molecule has 0 saturated carbocycles. The summed E-state index contributed by atoms with van der Waals surface area (Å²) in [6, 6.07) is 110. The summed E-state index contributed by atoms with van der Waals surface area (Å²) in [5.74, 6) is 0. The summed E-state index contributed by atoms with van der Waals surface area (Å²) in [6.07, 6.45) is 0. The molecule has 0 aliphatic rings. The summed E-state index contributed by atoms with van der Waals surface area (Å²) in [5.41, 5.74) is 6.11. The number of nitrogens with one attached hydrogen (secondary N) is 1. The quantitative estimate of drug-likeness (QED) is 0.158. The van der Waals surface area contributed by atoms with E-state index < -0.39 is 0 Å². The lowest BCUT2D eigenvalue weighted by Gasteiger charge is -2.15. The van der Waals surface area contributed by atoms with Crippen LogP contribution in [-0.2, 0) is 0 Å². The van der Waals surface area contributed by atoms with Crippen LogP contribution in [0, 0.1) is 0 Å². The number of para-hydroxylation sites is 2. The lowest BCUT2D eigenvalue weighted by molar-refractivity contribution is 1.19. The normalized spacial score (nSPS) is 12.0. The van der Waals surface area contributed by atoms with Crippen LogP contribution in [0.4, 0.5) is 0 Å². The Hall–Kier alpha value is -10.8. The monoisotopic (exact) mass is 1170 g/mol. The number of hydrogen-bond acceptors (Lipinski definition) is 0. The van der Waals surface area contributed by atoms with Crippen LogP contribution in [0.3, 0.4) is 0 Å². The molecule has 0 fully saturated rings. The Morgan fingerprint density at radius 1 is 0.230 bits per heavy atom. The van der Waals surface area contributed by atoms with Crippen molar-refractivity contribution < 1.29 is 0 Å². The molecule has 404 valence electrons. The molecule has 0 unspecified atom stereocenters. The highest BCUT2D eigenvalue weighted by Crippen LogP contribution is 2.47. The van der Waals surface area contributed by atoms with E-state index in [1.54, 1.807) is 0 Å². The van der Waals surface area contributed by atoms with Crippen LogP contribution >= 0.6 is 15.9 Å². The predicted octanol–water partition coefficient (Wildman–Crippen LogP) is 24.4. The number of benzene rings is 18. The zero-order valence-electron chi connectivity index (χ0n) is 47.2. The Labute approximate surface area is 508 Å². The van der Waals surface area contributed by atoms with E-state index in [0.717, 1.165) is 4.47 Å². The van der Waals surface area contributed by atoms with Crippen LogP contribution in [0.2, 0.25) is 0 Å². The minimum Gasteiger partial charge on any atom is -0.354 e. The van der Waals surface area contributed by atoms with E-state index in [9.17, 15) is 0 Å². The fourth-order valence-corrected chi connectivity index (χ4v) is 15.3. The van der Waals surface area contributed by atoms with Gasteiger partial charge in [0.1, 0.15) is 0 Å². The van der Waals surface area contributed by atoms with Gasteiger partial charge in [-0.15, -0.1) is 0 Å². The number of halogens is 1. The summed E-state index contributed by atoms with van der Waals surface area (Å²) in [7, 11) is 0. The third-order valence-electron chi connectivity index (χ3n) is 18.6. The molecule has 0 atom stereocenters. The Morgan fingerprint density at radius 3 is 1.15 bits per heavy atom. The second kappa shape index (κ2) is 19.6. The summed E-state index contributed by atoms with van der Waals surface area (Å²) in [6.45, 7) is 0. The largest absolute Gasteiger partial charge is 0.354 e. The first-order valence-electron chi connectivity index (χ1n) is 29.9. The van der Waals surface area contributed by atoms with Gasteiger partial charge in [0, 0.05) is 48.0 Å². The maximum atomic E-state index is 3.66. The minimum atomic E-state index is 1.13. The highest BCUT2D eigenvalue weighted by Gasteiger charge is 2.21. The third kappa shape index (κ3) is 7.53. The van der Waals surface area contributed by atoms with Crippen molar-refractivity contribution in [3.63, 3.8) is 0 Å². The Morgan fingerprint density at radius 2 is 0.598 bits per heavy atom. The average molecular weight is 1170 g/mol. The summed E-state index contributed by atoms with van der Waals surface area (Å²) in [4.78, 5) is 3.66. The molecule has 2 aromatic heterocycles. The highest BCUT2D eigenvalue weighted by molar-refractivity contribution is 9.10. The highest BCUT2D eigenvalue weighted by atomic mass is 79.9. The number of aromatic nitrogens is 2. The minimum absolute atomic E-state index is 1.13. The first-order valence-corrected chi connectivity index (χ1v) is 30.7. The zero-order valence-corrected chi connectivity index (χ0v) is 48.8. The molecule has 2 nitrogen and oxygen atoms in total. The maximum absolute atomic E-state index is 3.66. The molecule has 18 aromatic carbocycles. The van der Waals surface area contributed by atoms with Gasteiger partial charge in [0.2, 0.25) is 0 Å². The Bertz CT molecular complexity index is 6210. The van der Waals surface area contributed by atoms with E-state index in [1.165, 1.54) is 179 Å². The van der Waals surface area contributed by atoms with Gasteiger partial charge in [-0.25, -0.2) is 0 Å². The number of hydrogen-bond donors (Lipinski definition) is 1. The molecule has 87 heavy (non-hydrogen) atoms. The lowest BCUT2D eigenvalue weighted by atomic mass is 9.92. The van der Waals surface area contributed by atoms with Crippen molar-refractivity contribution in [1.82, 2.24) is 9.55 Å². The molecule has 0 aliphatic carbocycles. The van der Waals surface area contributed by atoms with Gasteiger partial charge in [-0.2, -0.15) is 0 Å². The molecule has 0 saturated heterocycles. The molecule has 20 rings (SSSR count). The van der Waals surface area contributed by atoms with Crippen molar-refractivity contribution in [2.45, 2.75) is 0 Å². The van der Waals surface area contributed by atoms with Crippen molar-refractivity contribution in [1.29, 1.82) is 0 Å². The third-order valence-corrected chi connectivity index (χ3v) is 19.1. The molecular weight excluding hydrogens is 1120 g/mol. The molecule has 2 heterocycles. The average Bonchev–Trinajstić information content (AvgIpc) is 1.77. The van der Waals surface area contributed by atoms with Crippen molar-refractivity contribution in [3.05, 3.63) is 308 Å². The maximum Gasteiger partial charge on any atom is 0.0625 e. The van der Waals surface area contributed by atoms with Crippen LogP contribution < -0.4 is 0 Å². The predicted molar refractivity (Wildman–Crippen MR) is 381 cm³/mol. The van der Waals surface area contributed by atoms with Crippen LogP contribution in [0.1, 0.15) is 0 Å². The summed E-state index contributed by atoms with van der Waals surface area (Å²) in [5, 5.41) is 36.6. The van der Waals surface area contributed by atoms with Gasteiger partial charge in [0.15, 0.2) is 0 Å². The molecular formula is C84H51BrN2. The smallest absolute Gasteiger partial charge is 0.0625 e. The Balaban J connectivity index is 0.000000109. The van der Waals surface area contributed by atoms with Gasteiger partial charge in [0.05, 0.1) is 16.6 Å². The van der Waals surface area contributed by atoms with Gasteiger partial charge in [-0.1, -0.05) is 283 Å². The molecule has 0 aliphatic heterocycles. The first-order chi connectivity index (χ1) is 43.1. The Kier molecular flexibility index (Phi) is 11.2. The van der Waals surface area contributed by atoms with E-state index in [-0.39, 0.29) is 0 Å². The molecule has 0 radical (unpaired) electrons. The second-order valence-corrected chi connectivity index (χ2v) is 24.0. The van der Waals surface area contributed by atoms with Crippen LogP contribution in [0.15, 0.2) is 308 Å². The molecule has 3 heteroatoms. The van der Waals surface area contributed by atoms with Gasteiger partial charge in [-0.3, -0.25) is 0 Å². The second-order valence-electron chi connectivity index (χ2n) is 23.1. The molecule has 1 N–H and O–H groups in total. The fraction of sp³-hybridized carbons (Fsp3) is 0. The number of nitrogens with zero attached hydrogens (tertiary/aromatic N) is 1. The van der Waals surface area contributed by atoms with Crippen LogP contribution in [0.5, 0.6) is 0 Å². The molecule has 20 aromatic rings. The van der Waals surface area contributed by atoms with Crippen LogP contribution in [-0.4, -0.2) is 9.55 Å². The van der Waals surface area contributed by atoms with Crippen molar-refractivity contribution in [2.75, 3.05) is 0 Å². The van der Waals surface area contributed by atoms with E-state index >= 15 is 0 Å². The zero-order chi connectivity index (χ0) is 57.3.